The van der Waals surface area contributed by atoms with Gasteiger partial charge in [-0.1, -0.05) is 11.6 Å². The fourth-order valence-corrected chi connectivity index (χ4v) is 1.28. The Labute approximate surface area is 78.6 Å². The normalized spacial score (nSPS) is 15.8. The summed E-state index contributed by atoms with van der Waals surface area (Å²) in [5.41, 5.74) is 1.40. The minimum Gasteiger partial charge on any atom is -0.345 e. The highest BCUT2D eigenvalue weighted by Gasteiger charge is 2.02. The second-order valence-electron chi connectivity index (χ2n) is 2.97. The Bertz CT molecular complexity index is 250. The van der Waals surface area contributed by atoms with Crippen LogP contribution in [-0.2, 0) is 4.79 Å². The van der Waals surface area contributed by atoms with Gasteiger partial charge in [0.1, 0.15) is 0 Å². The van der Waals surface area contributed by atoms with Crippen molar-refractivity contribution in [1.29, 1.82) is 0 Å². The van der Waals surface area contributed by atoms with Crippen molar-refractivity contribution in [3.63, 3.8) is 0 Å². The highest BCUT2D eigenvalue weighted by atomic mass is 16.1. The van der Waals surface area contributed by atoms with E-state index in [2.05, 4.69) is 16.7 Å². The van der Waals surface area contributed by atoms with E-state index >= 15 is 0 Å². The van der Waals surface area contributed by atoms with Crippen LogP contribution in [0.15, 0.2) is 11.6 Å². The summed E-state index contributed by atoms with van der Waals surface area (Å²) in [4.78, 5) is 10.7. The number of hydrogen-bond acceptors (Lipinski definition) is 2. The first-order chi connectivity index (χ1) is 6.33. The van der Waals surface area contributed by atoms with Crippen molar-refractivity contribution in [3.8, 4) is 12.3 Å². The summed E-state index contributed by atoms with van der Waals surface area (Å²) in [5.74, 6) is 1.70. The zero-order valence-electron chi connectivity index (χ0n) is 7.60. The van der Waals surface area contributed by atoms with E-state index < -0.39 is 0 Å². The second kappa shape index (κ2) is 5.39. The van der Waals surface area contributed by atoms with Crippen molar-refractivity contribution >= 4 is 5.91 Å². The summed E-state index contributed by atoms with van der Waals surface area (Å²) in [7, 11) is 0. The third kappa shape index (κ3) is 3.77. The maximum absolute atomic E-state index is 10.7. The summed E-state index contributed by atoms with van der Waals surface area (Å²) in [6.45, 7) is 2.63. The zero-order valence-corrected chi connectivity index (χ0v) is 7.60. The van der Waals surface area contributed by atoms with Crippen molar-refractivity contribution in [1.82, 2.24) is 10.6 Å². The lowest BCUT2D eigenvalue weighted by atomic mass is 10.1. The van der Waals surface area contributed by atoms with E-state index in [-0.39, 0.29) is 5.91 Å². The average molecular weight is 178 g/mol. The smallest absolute Gasteiger partial charge is 0.295 e. The molecule has 3 nitrogen and oxygen atoms in total. The predicted octanol–water partition coefficient (Wildman–Crippen LogP) is 0.0456. The summed E-state index contributed by atoms with van der Waals surface area (Å²) in [5, 5.41) is 5.87. The molecule has 1 heterocycles. The van der Waals surface area contributed by atoms with Crippen molar-refractivity contribution in [2.75, 3.05) is 19.6 Å². The van der Waals surface area contributed by atoms with Crippen LogP contribution in [0.3, 0.4) is 0 Å². The van der Waals surface area contributed by atoms with Gasteiger partial charge >= 0.3 is 0 Å². The quantitative estimate of drug-likeness (QED) is 0.473. The van der Waals surface area contributed by atoms with Crippen LogP contribution in [0.25, 0.3) is 0 Å². The zero-order chi connectivity index (χ0) is 9.52. The average Bonchev–Trinajstić information content (AvgIpc) is 2.19. The topological polar surface area (TPSA) is 41.1 Å². The van der Waals surface area contributed by atoms with Gasteiger partial charge in [-0.25, -0.2) is 0 Å². The van der Waals surface area contributed by atoms with Gasteiger partial charge in [0, 0.05) is 13.1 Å². The molecule has 0 bridgehead atoms. The Hall–Kier alpha value is -1.27. The molecule has 0 fully saturated rings. The van der Waals surface area contributed by atoms with Gasteiger partial charge < -0.3 is 10.6 Å². The Balaban J connectivity index is 2.15. The molecule has 0 spiro atoms. The van der Waals surface area contributed by atoms with Gasteiger partial charge in [0.15, 0.2) is 0 Å². The molecule has 1 amide bonds. The van der Waals surface area contributed by atoms with Gasteiger partial charge in [-0.15, -0.1) is 6.42 Å². The van der Waals surface area contributed by atoms with E-state index in [9.17, 15) is 4.79 Å². The number of nitrogens with one attached hydrogen (secondary N) is 2. The van der Waals surface area contributed by atoms with Gasteiger partial charge in [0.05, 0.1) is 0 Å². The number of hydrogen-bond donors (Lipinski definition) is 2. The minimum absolute atomic E-state index is 0.325. The Morgan fingerprint density at radius 2 is 2.62 bits per heavy atom. The molecule has 0 aromatic rings. The van der Waals surface area contributed by atoms with Crippen LogP contribution in [0, 0.1) is 12.3 Å². The largest absolute Gasteiger partial charge is 0.345 e. The van der Waals surface area contributed by atoms with E-state index in [4.69, 9.17) is 6.42 Å². The van der Waals surface area contributed by atoms with Crippen LogP contribution < -0.4 is 10.6 Å². The molecular formula is C10H14N2O. The number of terminal acetylenes is 1. The molecule has 0 saturated carbocycles. The third-order valence-electron chi connectivity index (χ3n) is 2.02. The van der Waals surface area contributed by atoms with E-state index in [1.54, 1.807) is 0 Å². The fraction of sp³-hybridized carbons (Fsp3) is 0.500. The van der Waals surface area contributed by atoms with Crippen LogP contribution in [0.5, 0.6) is 0 Å². The Morgan fingerprint density at radius 3 is 3.23 bits per heavy atom. The molecular weight excluding hydrogens is 164 g/mol. The lowest BCUT2D eigenvalue weighted by Crippen LogP contribution is -2.25. The highest BCUT2D eigenvalue weighted by molar-refractivity contribution is 5.92. The molecule has 70 valence electrons. The predicted molar refractivity (Wildman–Crippen MR) is 52.0 cm³/mol. The van der Waals surface area contributed by atoms with Crippen molar-refractivity contribution in [3.05, 3.63) is 11.6 Å². The van der Waals surface area contributed by atoms with Gasteiger partial charge in [0.25, 0.3) is 5.91 Å². The summed E-state index contributed by atoms with van der Waals surface area (Å²) in [6, 6.07) is 0. The van der Waals surface area contributed by atoms with Crippen molar-refractivity contribution in [2.45, 2.75) is 12.8 Å². The van der Waals surface area contributed by atoms with E-state index in [0.29, 0.717) is 6.54 Å². The molecule has 0 aliphatic carbocycles. The van der Waals surface area contributed by atoms with Gasteiger partial charge in [-0.2, -0.15) is 0 Å². The standard InChI is InChI=1S/C10H14N2O/c1-2-10(13)12-8-5-9-3-6-11-7-4-9/h1,3,11H,4-8H2,(H,12,13). The third-order valence-corrected chi connectivity index (χ3v) is 2.02. The Morgan fingerprint density at radius 1 is 1.77 bits per heavy atom. The fourth-order valence-electron chi connectivity index (χ4n) is 1.28. The summed E-state index contributed by atoms with van der Waals surface area (Å²) in [6.07, 6.45) is 9.06. The second-order valence-corrected chi connectivity index (χ2v) is 2.97. The highest BCUT2D eigenvalue weighted by Crippen LogP contribution is 2.07. The van der Waals surface area contributed by atoms with Gasteiger partial charge in [0.2, 0.25) is 0 Å². The summed E-state index contributed by atoms with van der Waals surface area (Å²) >= 11 is 0. The first kappa shape index (κ1) is 9.82. The number of rotatable bonds is 3. The molecule has 0 aromatic heterocycles. The molecule has 0 unspecified atom stereocenters. The first-order valence-electron chi connectivity index (χ1n) is 4.46. The SMILES string of the molecule is C#CC(=O)NCCC1=CCNCC1. The maximum atomic E-state index is 10.7. The molecule has 0 atom stereocenters. The molecule has 1 rings (SSSR count). The summed E-state index contributed by atoms with van der Waals surface area (Å²) < 4.78 is 0. The van der Waals surface area contributed by atoms with E-state index in [1.165, 1.54) is 5.57 Å². The molecule has 0 saturated heterocycles. The van der Waals surface area contributed by atoms with Crippen LogP contribution in [-0.4, -0.2) is 25.5 Å². The molecule has 1 aliphatic rings. The maximum Gasteiger partial charge on any atom is 0.295 e. The molecule has 0 aromatic carbocycles. The number of carbonyl (C=O) groups is 1. The van der Waals surface area contributed by atoms with Crippen molar-refractivity contribution < 1.29 is 4.79 Å². The molecule has 1 aliphatic heterocycles. The lowest BCUT2D eigenvalue weighted by Gasteiger charge is -2.13. The van der Waals surface area contributed by atoms with Crippen LogP contribution >= 0.6 is 0 Å². The minimum atomic E-state index is -0.325. The molecule has 13 heavy (non-hydrogen) atoms. The number of carbonyl (C=O) groups excluding carboxylic acids is 1. The first-order valence-corrected chi connectivity index (χ1v) is 4.46. The van der Waals surface area contributed by atoms with Gasteiger partial charge in [-0.05, 0) is 25.3 Å². The molecule has 0 radical (unpaired) electrons. The van der Waals surface area contributed by atoms with Crippen LogP contribution in [0.2, 0.25) is 0 Å². The Kier molecular flexibility index (Phi) is 4.07. The van der Waals surface area contributed by atoms with E-state index in [1.807, 2.05) is 5.92 Å². The molecule has 3 heteroatoms. The lowest BCUT2D eigenvalue weighted by molar-refractivity contribution is -0.115. The van der Waals surface area contributed by atoms with Crippen LogP contribution in [0.4, 0.5) is 0 Å². The van der Waals surface area contributed by atoms with Gasteiger partial charge in [-0.3, -0.25) is 4.79 Å². The molecule has 2 N–H and O–H groups in total. The monoisotopic (exact) mass is 178 g/mol. The van der Waals surface area contributed by atoms with E-state index in [0.717, 1.165) is 25.9 Å². The van der Waals surface area contributed by atoms with Crippen molar-refractivity contribution in [2.24, 2.45) is 0 Å². The number of amides is 1. The van der Waals surface area contributed by atoms with Crippen LogP contribution in [0.1, 0.15) is 12.8 Å².